The van der Waals surface area contributed by atoms with Crippen LogP contribution in [0.25, 0.3) is 0 Å². The van der Waals surface area contributed by atoms with Gasteiger partial charge < -0.3 is 20.3 Å². The van der Waals surface area contributed by atoms with Gasteiger partial charge >= 0.3 is 17.9 Å². The van der Waals surface area contributed by atoms with Gasteiger partial charge in [0, 0.05) is 11.3 Å². The lowest BCUT2D eigenvalue weighted by molar-refractivity contribution is -0.151. The van der Waals surface area contributed by atoms with Gasteiger partial charge in [0.25, 0.3) is 16.0 Å². The minimum absolute atomic E-state index is 0.00900. The summed E-state index contributed by atoms with van der Waals surface area (Å²) in [7, 11) is -4.88. The Labute approximate surface area is 202 Å². The number of amides is 2. The Morgan fingerprint density at radius 1 is 1.14 bits per heavy atom. The fourth-order valence-corrected chi connectivity index (χ4v) is 5.73. The van der Waals surface area contributed by atoms with Gasteiger partial charge in [-0.3, -0.25) is 28.6 Å². The van der Waals surface area contributed by atoms with Gasteiger partial charge in [-0.1, -0.05) is 30.3 Å². The van der Waals surface area contributed by atoms with E-state index in [1.54, 1.807) is 6.07 Å². The first-order valence-electron chi connectivity index (χ1n) is 10.0. The van der Waals surface area contributed by atoms with E-state index in [2.05, 4.69) is 5.32 Å². The lowest BCUT2D eigenvalue weighted by Crippen LogP contribution is -2.71. The van der Waals surface area contributed by atoms with Crippen LogP contribution >= 0.6 is 11.8 Å². The van der Waals surface area contributed by atoms with Gasteiger partial charge in [-0.25, -0.2) is 4.79 Å². The second kappa shape index (κ2) is 10.5. The second-order valence-corrected chi connectivity index (χ2v) is 10.1. The van der Waals surface area contributed by atoms with Gasteiger partial charge in [-0.05, 0) is 5.56 Å². The number of esters is 1. The molecule has 13 nitrogen and oxygen atoms in total. The maximum absolute atomic E-state index is 12.7. The summed E-state index contributed by atoms with van der Waals surface area (Å²) in [4.78, 5) is 60.4. The topological polar surface area (TPSA) is 205 Å². The average molecular weight is 529 g/mol. The van der Waals surface area contributed by atoms with Crippen LogP contribution in [0.5, 0.6) is 0 Å². The van der Waals surface area contributed by atoms with Gasteiger partial charge in [0.1, 0.15) is 23.7 Å². The number of carbonyl (C=O) groups is 5. The molecule has 0 aliphatic carbocycles. The summed E-state index contributed by atoms with van der Waals surface area (Å²) in [5.41, 5.74) is -0.365. The average Bonchev–Trinajstić information content (AvgIpc) is 2.78. The van der Waals surface area contributed by atoms with Crippen molar-refractivity contribution in [2.24, 2.45) is 0 Å². The largest absolute Gasteiger partial charge is 0.481 e. The summed E-state index contributed by atoms with van der Waals surface area (Å²) in [6.07, 6.45) is -0.867. The third-order valence-corrected chi connectivity index (χ3v) is 7.56. The summed E-state index contributed by atoms with van der Waals surface area (Å²) in [6.45, 7) is -0.473. The van der Waals surface area contributed by atoms with Gasteiger partial charge in [0.05, 0.1) is 12.8 Å². The Bertz CT molecular complexity index is 1200. The van der Waals surface area contributed by atoms with Crippen LogP contribution in [0.4, 0.5) is 0 Å². The molecule has 0 bridgehead atoms. The molecule has 4 N–H and O–H groups in total. The van der Waals surface area contributed by atoms with Crippen molar-refractivity contribution >= 4 is 51.6 Å². The fraction of sp³-hybridized carbons (Fsp3) is 0.350. The molecule has 0 radical (unpaired) electrons. The molecule has 2 aliphatic rings. The van der Waals surface area contributed by atoms with Gasteiger partial charge in [0.2, 0.25) is 5.91 Å². The first kappa shape index (κ1) is 26.2. The van der Waals surface area contributed by atoms with E-state index in [-0.39, 0.29) is 16.9 Å². The highest BCUT2D eigenvalue weighted by Crippen LogP contribution is 2.40. The summed E-state index contributed by atoms with van der Waals surface area (Å²) in [6, 6.07) is 5.89. The minimum Gasteiger partial charge on any atom is -0.481 e. The quantitative estimate of drug-likeness (QED) is 0.176. The zero-order valence-electron chi connectivity index (χ0n) is 17.8. The van der Waals surface area contributed by atoms with E-state index in [4.69, 9.17) is 9.84 Å². The van der Waals surface area contributed by atoms with E-state index in [1.165, 1.54) is 24.3 Å². The van der Waals surface area contributed by atoms with E-state index in [0.29, 0.717) is 0 Å². The zero-order chi connectivity index (χ0) is 25.9. The Morgan fingerprint density at radius 2 is 1.80 bits per heavy atom. The number of fused-ring (bicyclic) bond motifs is 1. The molecule has 1 unspecified atom stereocenters. The molecule has 1 saturated heterocycles. The van der Waals surface area contributed by atoms with Crippen molar-refractivity contribution in [3.63, 3.8) is 0 Å². The molecule has 3 atom stereocenters. The molecule has 2 amide bonds. The monoisotopic (exact) mass is 528 g/mol. The van der Waals surface area contributed by atoms with Gasteiger partial charge in [-0.15, -0.1) is 11.8 Å². The number of benzene rings is 1. The highest BCUT2D eigenvalue weighted by atomic mass is 32.2. The molecule has 1 aromatic rings. The number of hydrogen-bond acceptors (Lipinski definition) is 9. The molecular weight excluding hydrogens is 508 g/mol. The van der Waals surface area contributed by atoms with Crippen molar-refractivity contribution in [2.45, 2.75) is 29.5 Å². The molecule has 0 spiro atoms. The predicted octanol–water partition coefficient (Wildman–Crippen LogP) is -0.238. The number of nitrogens with zero attached hydrogens (tertiary/aromatic N) is 1. The summed E-state index contributed by atoms with van der Waals surface area (Å²) in [5.74, 6) is -5.51. The second-order valence-electron chi connectivity index (χ2n) is 7.51. The number of rotatable bonds is 10. The zero-order valence-corrected chi connectivity index (χ0v) is 19.5. The molecule has 2 aliphatic heterocycles. The first-order chi connectivity index (χ1) is 16.4. The molecule has 15 heteroatoms. The molecule has 2 heterocycles. The highest BCUT2D eigenvalue weighted by Gasteiger charge is 2.55. The van der Waals surface area contributed by atoms with E-state index < -0.39 is 81.7 Å². The lowest BCUT2D eigenvalue weighted by Gasteiger charge is -2.49. The number of hydrogen-bond donors (Lipinski definition) is 4. The van der Waals surface area contributed by atoms with Crippen LogP contribution in [-0.4, -0.2) is 81.6 Å². The first-order valence-corrected chi connectivity index (χ1v) is 12.6. The third kappa shape index (κ3) is 5.80. The highest BCUT2D eigenvalue weighted by molar-refractivity contribution is 8.00. The maximum atomic E-state index is 12.7. The Morgan fingerprint density at radius 3 is 2.37 bits per heavy atom. The molecule has 3 rings (SSSR count). The van der Waals surface area contributed by atoms with Crippen LogP contribution in [0.1, 0.15) is 23.7 Å². The molecule has 1 aromatic carbocycles. The Hall–Kier alpha value is -3.43. The number of aliphatic carboxylic acids is 2. The van der Waals surface area contributed by atoms with E-state index in [0.717, 1.165) is 16.7 Å². The summed E-state index contributed by atoms with van der Waals surface area (Å²) < 4.78 is 38.2. The van der Waals surface area contributed by atoms with Crippen molar-refractivity contribution in [2.75, 3.05) is 12.4 Å². The SMILES string of the molecule is O=C(O)CCC(=O)OCC1=C(C(=O)O)N2C(=O)[C@@H](NC(=O)C(c3ccccc3)S(=O)(=O)O)[C@@H]2SC1. The summed E-state index contributed by atoms with van der Waals surface area (Å²) in [5, 5.41) is 17.6. The number of carboxylic acids is 2. The Balaban J connectivity index is 1.74. The van der Waals surface area contributed by atoms with Crippen LogP contribution in [-0.2, 0) is 38.8 Å². The molecule has 188 valence electrons. The standard InChI is InChI=1S/C20H20N2O11S2/c23-12(24)6-7-13(25)33-8-11-9-34-19-14(18(27)22(19)15(11)20(28)29)21-17(26)16(35(30,31)32)10-4-2-1-3-5-10/h1-5,14,16,19H,6-9H2,(H,21,26)(H,23,24)(H,28,29)(H,30,31,32)/t14-,16?,19+/m1/s1. The Kier molecular flexibility index (Phi) is 7.82. The van der Waals surface area contributed by atoms with Gasteiger partial charge in [-0.2, -0.15) is 8.42 Å². The van der Waals surface area contributed by atoms with Crippen LogP contribution in [0.15, 0.2) is 41.6 Å². The fourth-order valence-electron chi connectivity index (χ4n) is 3.56. The van der Waals surface area contributed by atoms with Crippen LogP contribution in [0.3, 0.4) is 0 Å². The molecule has 35 heavy (non-hydrogen) atoms. The van der Waals surface area contributed by atoms with E-state index >= 15 is 0 Å². The van der Waals surface area contributed by atoms with Gasteiger partial charge in [0.15, 0.2) is 5.25 Å². The van der Waals surface area contributed by atoms with Crippen LogP contribution in [0.2, 0.25) is 0 Å². The molecular formula is C20H20N2O11S2. The number of carboxylic acid groups (broad SMARTS) is 2. The predicted molar refractivity (Wildman–Crippen MR) is 118 cm³/mol. The van der Waals surface area contributed by atoms with Crippen molar-refractivity contribution in [3.05, 3.63) is 47.2 Å². The van der Waals surface area contributed by atoms with Crippen LogP contribution in [0, 0.1) is 0 Å². The van der Waals surface area contributed by atoms with Crippen molar-refractivity contribution in [1.82, 2.24) is 10.2 Å². The van der Waals surface area contributed by atoms with E-state index in [1.807, 2.05) is 0 Å². The smallest absolute Gasteiger partial charge is 0.352 e. The molecule has 0 aromatic heterocycles. The molecule has 0 saturated carbocycles. The minimum atomic E-state index is -4.88. The normalized spacial score (nSPS) is 20.4. The van der Waals surface area contributed by atoms with Crippen LogP contribution < -0.4 is 5.32 Å². The van der Waals surface area contributed by atoms with Crippen molar-refractivity contribution in [1.29, 1.82) is 0 Å². The van der Waals surface area contributed by atoms with Crippen molar-refractivity contribution in [3.8, 4) is 0 Å². The number of β-lactam (4-membered cyclic amide) rings is 1. The lowest BCUT2D eigenvalue weighted by atomic mass is 10.0. The summed E-state index contributed by atoms with van der Waals surface area (Å²) >= 11 is 1.05. The number of ether oxygens (including phenoxy) is 1. The number of nitrogens with one attached hydrogen (secondary N) is 1. The third-order valence-electron chi connectivity index (χ3n) is 5.14. The number of thioether (sulfide) groups is 1. The van der Waals surface area contributed by atoms with Crippen molar-refractivity contribution < 1.29 is 51.9 Å². The number of carbonyl (C=O) groups excluding carboxylic acids is 3. The maximum Gasteiger partial charge on any atom is 0.352 e. The van der Waals surface area contributed by atoms with E-state index in [9.17, 15) is 42.0 Å². The molecule has 1 fully saturated rings.